The number of methoxy groups -OCH3 is 1. The second-order valence-electron chi connectivity index (χ2n) is 2.49. The van der Waals surface area contributed by atoms with Crippen LogP contribution in [-0.4, -0.2) is 38.8 Å². The van der Waals surface area contributed by atoms with E-state index in [1.54, 1.807) is 7.11 Å². The van der Waals surface area contributed by atoms with Crippen LogP contribution in [0, 0.1) is 0 Å². The molecule has 0 saturated heterocycles. The molecule has 0 amide bonds. The summed E-state index contributed by atoms with van der Waals surface area (Å²) in [6.45, 7) is 3.01. The third kappa shape index (κ3) is 5.23. The summed E-state index contributed by atoms with van der Waals surface area (Å²) in [6, 6.07) is -0.448. The topological polar surface area (TPSA) is 61.5 Å². The Labute approximate surface area is 73.0 Å². The lowest BCUT2D eigenvalue weighted by atomic mass is 10.1. The molecule has 0 aromatic heterocycles. The predicted octanol–water partition coefficient (Wildman–Crippen LogP) is -0.0442. The first-order valence-corrected chi connectivity index (χ1v) is 4.07. The van der Waals surface area contributed by atoms with Crippen molar-refractivity contribution >= 4 is 5.78 Å². The molecule has 1 unspecified atom stereocenters. The van der Waals surface area contributed by atoms with E-state index in [9.17, 15) is 4.79 Å². The third-order valence-corrected chi connectivity index (χ3v) is 1.49. The number of rotatable bonds is 7. The maximum Gasteiger partial charge on any atom is 0.175 e. The number of Topliss-reactive ketones (excluding diaryl/α,β-unsaturated/α-hetero) is 1. The molecule has 0 aliphatic rings. The average Bonchev–Trinajstić information content (AvgIpc) is 2.10. The van der Waals surface area contributed by atoms with Gasteiger partial charge in [-0.2, -0.15) is 0 Å². The Kier molecular flexibility index (Phi) is 6.94. The van der Waals surface area contributed by atoms with Crippen LogP contribution in [0.5, 0.6) is 0 Å². The van der Waals surface area contributed by atoms with Gasteiger partial charge in [0, 0.05) is 20.3 Å². The summed E-state index contributed by atoms with van der Waals surface area (Å²) in [5.74, 6) is -0.0612. The van der Waals surface area contributed by atoms with E-state index >= 15 is 0 Å². The summed E-state index contributed by atoms with van der Waals surface area (Å²) in [7, 11) is 1.58. The first-order chi connectivity index (χ1) is 5.72. The van der Waals surface area contributed by atoms with Crippen molar-refractivity contribution in [1.82, 2.24) is 0 Å². The maximum atomic E-state index is 11.1. The second-order valence-corrected chi connectivity index (χ2v) is 2.49. The van der Waals surface area contributed by atoms with Gasteiger partial charge in [-0.3, -0.25) is 4.79 Å². The zero-order chi connectivity index (χ0) is 9.40. The van der Waals surface area contributed by atoms with Crippen LogP contribution in [0.25, 0.3) is 0 Å². The molecule has 12 heavy (non-hydrogen) atoms. The van der Waals surface area contributed by atoms with Gasteiger partial charge >= 0.3 is 0 Å². The van der Waals surface area contributed by atoms with Crippen molar-refractivity contribution in [2.75, 3.05) is 26.9 Å². The molecule has 4 nitrogen and oxygen atoms in total. The molecular weight excluding hydrogens is 158 g/mol. The van der Waals surface area contributed by atoms with Crippen LogP contribution >= 0.6 is 0 Å². The molecule has 0 fully saturated rings. The molecule has 0 rings (SSSR count). The second kappa shape index (κ2) is 7.21. The number of ether oxygens (including phenoxy) is 2. The van der Waals surface area contributed by atoms with Gasteiger partial charge in [-0.1, -0.05) is 0 Å². The fourth-order valence-corrected chi connectivity index (χ4v) is 0.715. The fraction of sp³-hybridized carbons (Fsp3) is 0.875. The van der Waals surface area contributed by atoms with Crippen molar-refractivity contribution in [3.63, 3.8) is 0 Å². The van der Waals surface area contributed by atoms with Crippen LogP contribution in [0.2, 0.25) is 0 Å². The van der Waals surface area contributed by atoms with E-state index in [1.807, 2.05) is 6.92 Å². The Morgan fingerprint density at radius 2 is 2.25 bits per heavy atom. The van der Waals surface area contributed by atoms with E-state index in [1.165, 1.54) is 0 Å². The van der Waals surface area contributed by atoms with Crippen LogP contribution in [0.15, 0.2) is 0 Å². The van der Waals surface area contributed by atoms with Crippen LogP contribution in [0.3, 0.4) is 0 Å². The normalized spacial score (nSPS) is 12.9. The van der Waals surface area contributed by atoms with Crippen LogP contribution in [0.4, 0.5) is 0 Å². The minimum Gasteiger partial charge on any atom is -0.385 e. The van der Waals surface area contributed by atoms with E-state index in [0.29, 0.717) is 19.6 Å². The van der Waals surface area contributed by atoms with Gasteiger partial charge < -0.3 is 15.2 Å². The molecule has 0 aliphatic heterocycles. The van der Waals surface area contributed by atoms with Crippen LogP contribution < -0.4 is 5.73 Å². The zero-order valence-corrected chi connectivity index (χ0v) is 7.71. The predicted molar refractivity (Wildman–Crippen MR) is 46.0 cm³/mol. The van der Waals surface area contributed by atoms with Crippen molar-refractivity contribution in [3.05, 3.63) is 0 Å². The lowest BCUT2D eigenvalue weighted by molar-refractivity contribution is -0.125. The largest absolute Gasteiger partial charge is 0.385 e. The van der Waals surface area contributed by atoms with Gasteiger partial charge in [0.05, 0.1) is 6.04 Å². The monoisotopic (exact) mass is 175 g/mol. The van der Waals surface area contributed by atoms with Crippen molar-refractivity contribution in [1.29, 1.82) is 0 Å². The van der Waals surface area contributed by atoms with Crippen molar-refractivity contribution < 1.29 is 14.3 Å². The minimum absolute atomic E-state index is 0.0612. The molecule has 0 heterocycles. The molecular formula is C8H17NO3. The number of nitrogens with two attached hydrogens (primary N) is 1. The highest BCUT2D eigenvalue weighted by Crippen LogP contribution is 1.91. The third-order valence-electron chi connectivity index (χ3n) is 1.49. The van der Waals surface area contributed by atoms with Gasteiger partial charge in [-0.05, 0) is 13.3 Å². The highest BCUT2D eigenvalue weighted by molar-refractivity contribution is 5.84. The van der Waals surface area contributed by atoms with Crippen molar-refractivity contribution in [2.45, 2.75) is 19.4 Å². The Bertz CT molecular complexity index is 127. The summed E-state index contributed by atoms with van der Waals surface area (Å²) in [5, 5.41) is 0. The summed E-state index contributed by atoms with van der Waals surface area (Å²) in [5.41, 5.74) is 5.53. The molecule has 0 aliphatic carbocycles. The first-order valence-electron chi connectivity index (χ1n) is 4.07. The highest BCUT2D eigenvalue weighted by Gasteiger charge is 2.12. The summed E-state index contributed by atoms with van der Waals surface area (Å²) >= 11 is 0. The minimum atomic E-state index is -0.448. The van der Waals surface area contributed by atoms with Gasteiger partial charge in [-0.15, -0.1) is 0 Å². The fourth-order valence-electron chi connectivity index (χ4n) is 0.715. The molecule has 1 atom stereocenters. The van der Waals surface area contributed by atoms with Crippen LogP contribution in [0.1, 0.15) is 13.3 Å². The first kappa shape index (κ1) is 11.6. The molecule has 4 heteroatoms. The number of carbonyl (C=O) groups excluding carboxylic acids is 1. The van der Waals surface area contributed by atoms with E-state index in [2.05, 4.69) is 0 Å². The Morgan fingerprint density at radius 1 is 1.58 bits per heavy atom. The molecule has 0 aromatic rings. The maximum absolute atomic E-state index is 11.1. The quantitative estimate of drug-likeness (QED) is 0.589. The molecule has 0 aromatic carbocycles. The molecule has 2 N–H and O–H groups in total. The Hall–Kier alpha value is -0.450. The smallest absolute Gasteiger partial charge is 0.175 e. The van der Waals surface area contributed by atoms with Gasteiger partial charge in [-0.25, -0.2) is 0 Å². The number of carbonyl (C=O) groups is 1. The highest BCUT2D eigenvalue weighted by atomic mass is 16.5. The van der Waals surface area contributed by atoms with E-state index < -0.39 is 6.04 Å². The van der Waals surface area contributed by atoms with Gasteiger partial charge in [0.25, 0.3) is 0 Å². The van der Waals surface area contributed by atoms with Crippen molar-refractivity contribution in [2.24, 2.45) is 5.73 Å². The number of hydrogen-bond donors (Lipinski definition) is 1. The van der Waals surface area contributed by atoms with Gasteiger partial charge in [0.1, 0.15) is 6.61 Å². The number of hydrogen-bond acceptors (Lipinski definition) is 4. The zero-order valence-electron chi connectivity index (χ0n) is 7.71. The Balaban J connectivity index is 3.47. The summed E-state index contributed by atoms with van der Waals surface area (Å²) < 4.78 is 9.72. The Morgan fingerprint density at radius 3 is 2.75 bits per heavy atom. The van der Waals surface area contributed by atoms with Crippen molar-refractivity contribution in [3.8, 4) is 0 Å². The molecule has 0 spiro atoms. The molecule has 0 radical (unpaired) electrons. The standard InChI is InChI=1S/C8H17NO3/c1-3-12-6-8(10)7(9)4-5-11-2/h7H,3-6,9H2,1-2H3. The van der Waals surface area contributed by atoms with E-state index in [0.717, 1.165) is 0 Å². The van der Waals surface area contributed by atoms with Gasteiger partial charge in [0.2, 0.25) is 0 Å². The molecule has 72 valence electrons. The van der Waals surface area contributed by atoms with Gasteiger partial charge in [0.15, 0.2) is 5.78 Å². The number of ketones is 1. The van der Waals surface area contributed by atoms with E-state index in [4.69, 9.17) is 15.2 Å². The van der Waals surface area contributed by atoms with E-state index in [-0.39, 0.29) is 12.4 Å². The molecule has 0 bridgehead atoms. The lowest BCUT2D eigenvalue weighted by Gasteiger charge is -2.08. The lowest BCUT2D eigenvalue weighted by Crippen LogP contribution is -2.34. The van der Waals surface area contributed by atoms with Crippen LogP contribution in [-0.2, 0) is 14.3 Å². The summed E-state index contributed by atoms with van der Waals surface area (Å²) in [4.78, 5) is 11.1. The average molecular weight is 175 g/mol. The molecule has 0 saturated carbocycles. The summed E-state index contributed by atoms with van der Waals surface area (Å²) in [6.07, 6.45) is 0.558. The SMILES string of the molecule is CCOCC(=O)C(N)CCOC.